The molecule has 0 saturated carbocycles. The molecular weight excluding hydrogens is 565 g/mol. The molecule has 6 aromatic carbocycles. The maximum absolute atomic E-state index is 5.12. The van der Waals surface area contributed by atoms with E-state index >= 15 is 0 Å². The van der Waals surface area contributed by atoms with E-state index in [9.17, 15) is 0 Å². The van der Waals surface area contributed by atoms with Gasteiger partial charge in [0, 0.05) is 38.5 Å². The molecule has 9 rings (SSSR count). The van der Waals surface area contributed by atoms with Crippen molar-refractivity contribution in [2.75, 3.05) is 4.90 Å². The summed E-state index contributed by atoms with van der Waals surface area (Å²) in [6, 6.07) is 50.7. The fourth-order valence-electron chi connectivity index (χ4n) is 7.26. The van der Waals surface area contributed by atoms with Crippen LogP contribution >= 0.6 is 11.3 Å². The van der Waals surface area contributed by atoms with Crippen LogP contribution in [0, 0.1) is 0 Å². The van der Waals surface area contributed by atoms with Crippen molar-refractivity contribution < 1.29 is 0 Å². The minimum absolute atomic E-state index is 0.0412. The Morgan fingerprint density at radius 2 is 1.27 bits per heavy atom. The van der Waals surface area contributed by atoms with Gasteiger partial charge in [0.1, 0.15) is 5.82 Å². The topological polar surface area (TPSA) is 16.1 Å². The third-order valence-electron chi connectivity index (χ3n) is 9.52. The van der Waals surface area contributed by atoms with Crippen LogP contribution in [0.1, 0.15) is 25.0 Å². The van der Waals surface area contributed by atoms with Gasteiger partial charge in [-0.3, -0.25) is 4.90 Å². The Morgan fingerprint density at radius 3 is 2.13 bits per heavy atom. The SMILES string of the molecule is CC1(C)c2ccccc2-c2cc(N(c3ccc(-c4ccccc4)cc3)c3cc4c(cn3)sc3ccc5ccccc5c34)ccc21. The summed E-state index contributed by atoms with van der Waals surface area (Å²) in [7, 11) is 0. The second kappa shape index (κ2) is 9.88. The fourth-order valence-corrected chi connectivity index (χ4v) is 8.33. The Hall–Kier alpha value is -5.25. The normalized spacial score (nSPS) is 13.3. The molecule has 214 valence electrons. The van der Waals surface area contributed by atoms with Gasteiger partial charge in [-0.2, -0.15) is 0 Å². The Bertz CT molecular complexity index is 2400. The van der Waals surface area contributed by atoms with Crippen LogP contribution in [0.25, 0.3) is 53.2 Å². The molecule has 2 heterocycles. The molecule has 0 N–H and O–H groups in total. The van der Waals surface area contributed by atoms with E-state index in [0.717, 1.165) is 17.2 Å². The van der Waals surface area contributed by atoms with Crippen LogP contribution in [-0.4, -0.2) is 4.98 Å². The van der Waals surface area contributed by atoms with Gasteiger partial charge in [-0.05, 0) is 80.6 Å². The largest absolute Gasteiger partial charge is 0.295 e. The van der Waals surface area contributed by atoms with Crippen LogP contribution in [0.3, 0.4) is 0 Å². The summed E-state index contributed by atoms with van der Waals surface area (Å²) in [5.74, 6) is 0.910. The zero-order valence-corrected chi connectivity index (χ0v) is 26.0. The quantitative estimate of drug-likeness (QED) is 0.201. The molecule has 0 unspecified atom stereocenters. The molecule has 0 atom stereocenters. The number of thiophene rings is 1. The maximum Gasteiger partial charge on any atom is 0.138 e. The van der Waals surface area contributed by atoms with E-state index in [1.807, 2.05) is 11.3 Å². The van der Waals surface area contributed by atoms with Crippen molar-refractivity contribution in [2.24, 2.45) is 0 Å². The molecule has 2 aromatic heterocycles. The molecule has 45 heavy (non-hydrogen) atoms. The lowest BCUT2D eigenvalue weighted by Gasteiger charge is -2.26. The second-order valence-electron chi connectivity index (χ2n) is 12.4. The Labute approximate surface area is 266 Å². The van der Waals surface area contributed by atoms with Crippen molar-refractivity contribution in [3.8, 4) is 22.3 Å². The first kappa shape index (κ1) is 26.2. The van der Waals surface area contributed by atoms with Crippen molar-refractivity contribution in [1.29, 1.82) is 0 Å². The van der Waals surface area contributed by atoms with Crippen molar-refractivity contribution >= 4 is 59.5 Å². The highest BCUT2D eigenvalue weighted by Crippen LogP contribution is 2.51. The summed E-state index contributed by atoms with van der Waals surface area (Å²) < 4.78 is 2.49. The number of hydrogen-bond donors (Lipinski definition) is 0. The summed E-state index contributed by atoms with van der Waals surface area (Å²) in [5.41, 5.74) is 9.91. The molecule has 0 radical (unpaired) electrons. The van der Waals surface area contributed by atoms with E-state index < -0.39 is 0 Å². The molecule has 0 amide bonds. The number of pyridine rings is 1. The molecular formula is C42H30N2S. The average Bonchev–Trinajstić information content (AvgIpc) is 3.58. The Kier molecular flexibility index (Phi) is 5.75. The predicted octanol–water partition coefficient (Wildman–Crippen LogP) is 12.0. The van der Waals surface area contributed by atoms with Gasteiger partial charge in [-0.15, -0.1) is 11.3 Å². The Morgan fingerprint density at radius 1 is 0.556 bits per heavy atom. The van der Waals surface area contributed by atoms with Crippen LogP contribution in [0.4, 0.5) is 17.2 Å². The lowest BCUT2D eigenvalue weighted by Crippen LogP contribution is -2.15. The van der Waals surface area contributed by atoms with E-state index in [2.05, 4.69) is 164 Å². The van der Waals surface area contributed by atoms with Crippen LogP contribution < -0.4 is 4.90 Å². The number of benzene rings is 6. The summed E-state index contributed by atoms with van der Waals surface area (Å²) in [6.07, 6.45) is 2.06. The highest BCUT2D eigenvalue weighted by molar-refractivity contribution is 7.26. The predicted molar refractivity (Wildman–Crippen MR) is 192 cm³/mol. The van der Waals surface area contributed by atoms with Gasteiger partial charge < -0.3 is 0 Å². The minimum atomic E-state index is -0.0412. The average molecular weight is 595 g/mol. The zero-order chi connectivity index (χ0) is 30.1. The molecule has 0 spiro atoms. The van der Waals surface area contributed by atoms with E-state index in [4.69, 9.17) is 4.98 Å². The number of nitrogens with zero attached hydrogens (tertiary/aromatic N) is 2. The number of fused-ring (bicyclic) bond motifs is 8. The van der Waals surface area contributed by atoms with Crippen LogP contribution in [0.2, 0.25) is 0 Å². The summed E-state index contributed by atoms with van der Waals surface area (Å²) >= 11 is 1.82. The summed E-state index contributed by atoms with van der Waals surface area (Å²) in [4.78, 5) is 7.44. The standard InChI is InChI=1S/C42H30N2S/c1-42(2)36-15-9-8-14-33(36)34-24-31(21-22-37(34)42)44(30-19-16-28(17-20-30)27-10-4-3-5-11-27)40-25-35-39(26-43-40)45-38-23-18-29-12-6-7-13-32(29)41(35)38/h3-26H,1-2H3. The zero-order valence-electron chi connectivity index (χ0n) is 25.2. The molecule has 1 aliphatic carbocycles. The van der Waals surface area contributed by atoms with Crippen LogP contribution in [0.5, 0.6) is 0 Å². The first-order valence-electron chi connectivity index (χ1n) is 15.5. The van der Waals surface area contributed by atoms with E-state index in [-0.39, 0.29) is 5.41 Å². The van der Waals surface area contributed by atoms with E-state index in [1.54, 1.807) is 0 Å². The maximum atomic E-state index is 5.12. The van der Waals surface area contributed by atoms with Gasteiger partial charge in [-0.25, -0.2) is 4.98 Å². The molecule has 1 aliphatic rings. The van der Waals surface area contributed by atoms with Gasteiger partial charge in [0.15, 0.2) is 0 Å². The summed E-state index contributed by atoms with van der Waals surface area (Å²) in [6.45, 7) is 4.66. The minimum Gasteiger partial charge on any atom is -0.295 e. The first-order chi connectivity index (χ1) is 22.1. The third kappa shape index (κ3) is 4.04. The monoisotopic (exact) mass is 594 g/mol. The molecule has 2 nitrogen and oxygen atoms in total. The third-order valence-corrected chi connectivity index (χ3v) is 10.6. The number of aromatic nitrogens is 1. The van der Waals surface area contributed by atoms with Crippen molar-refractivity contribution in [1.82, 2.24) is 4.98 Å². The number of hydrogen-bond acceptors (Lipinski definition) is 3. The van der Waals surface area contributed by atoms with Gasteiger partial charge in [-0.1, -0.05) is 117 Å². The van der Waals surface area contributed by atoms with Crippen LogP contribution in [-0.2, 0) is 5.41 Å². The highest BCUT2D eigenvalue weighted by atomic mass is 32.1. The van der Waals surface area contributed by atoms with Gasteiger partial charge in [0.25, 0.3) is 0 Å². The second-order valence-corrected chi connectivity index (χ2v) is 13.5. The van der Waals surface area contributed by atoms with E-state index in [0.29, 0.717) is 0 Å². The van der Waals surface area contributed by atoms with Crippen molar-refractivity contribution in [2.45, 2.75) is 19.3 Å². The van der Waals surface area contributed by atoms with Gasteiger partial charge in [0.05, 0.1) is 4.70 Å². The highest BCUT2D eigenvalue weighted by Gasteiger charge is 2.35. The van der Waals surface area contributed by atoms with Crippen LogP contribution in [0.15, 0.2) is 146 Å². The molecule has 0 saturated heterocycles. The van der Waals surface area contributed by atoms with E-state index in [1.165, 1.54) is 64.3 Å². The van der Waals surface area contributed by atoms with Gasteiger partial charge in [0.2, 0.25) is 0 Å². The molecule has 0 aliphatic heterocycles. The van der Waals surface area contributed by atoms with Gasteiger partial charge >= 0.3 is 0 Å². The number of rotatable bonds is 4. The molecule has 0 bridgehead atoms. The first-order valence-corrected chi connectivity index (χ1v) is 16.3. The van der Waals surface area contributed by atoms with Crippen molar-refractivity contribution in [3.05, 3.63) is 157 Å². The molecule has 0 fully saturated rings. The molecule has 3 heteroatoms. The Balaban J connectivity index is 1.26. The lowest BCUT2D eigenvalue weighted by atomic mass is 9.82. The summed E-state index contributed by atoms with van der Waals surface area (Å²) in [5, 5.41) is 5.10. The molecule has 8 aromatic rings. The smallest absolute Gasteiger partial charge is 0.138 e. The lowest BCUT2D eigenvalue weighted by molar-refractivity contribution is 0.660. The fraction of sp³-hybridized carbons (Fsp3) is 0.0714. The van der Waals surface area contributed by atoms with Crippen molar-refractivity contribution in [3.63, 3.8) is 0 Å². The number of anilines is 3.